The zero-order valence-corrected chi connectivity index (χ0v) is 9.34. The maximum absolute atomic E-state index is 5.63. The minimum atomic E-state index is 0.545. The Hall–Kier alpha value is -0.0800. The zero-order valence-electron chi connectivity index (χ0n) is 9.34. The van der Waals surface area contributed by atoms with Gasteiger partial charge in [-0.25, -0.2) is 0 Å². The molecule has 0 aliphatic carbocycles. The van der Waals surface area contributed by atoms with E-state index in [1.165, 1.54) is 19.3 Å². The van der Waals surface area contributed by atoms with Gasteiger partial charge in [0.05, 0.1) is 12.7 Å². The third-order valence-corrected chi connectivity index (χ3v) is 2.72. The first-order valence-corrected chi connectivity index (χ1v) is 5.85. The molecule has 0 amide bonds. The Morgan fingerprint density at radius 1 is 1.50 bits per heavy atom. The molecule has 0 aromatic carbocycles. The highest BCUT2D eigenvalue weighted by molar-refractivity contribution is 4.73. The molecule has 14 heavy (non-hydrogen) atoms. The molecule has 0 spiro atoms. The van der Waals surface area contributed by atoms with Gasteiger partial charge in [0.25, 0.3) is 0 Å². The number of rotatable bonds is 9. The summed E-state index contributed by atoms with van der Waals surface area (Å²) in [5, 5.41) is 0. The SMILES string of the molecule is [CH2]CCCCOCC(CC)CC1CO1. The molecule has 1 heterocycles. The molecule has 2 nitrogen and oxygen atoms in total. The van der Waals surface area contributed by atoms with Crippen LogP contribution in [0, 0.1) is 12.8 Å². The summed E-state index contributed by atoms with van der Waals surface area (Å²) in [4.78, 5) is 0. The highest BCUT2D eigenvalue weighted by atomic mass is 16.6. The predicted molar refractivity (Wildman–Crippen MR) is 58.2 cm³/mol. The van der Waals surface area contributed by atoms with Crippen LogP contribution in [0.15, 0.2) is 0 Å². The average molecular weight is 199 g/mol. The Balaban J connectivity index is 1.90. The fourth-order valence-corrected chi connectivity index (χ4v) is 1.56. The summed E-state index contributed by atoms with van der Waals surface area (Å²) in [6.45, 7) is 8.82. The van der Waals surface area contributed by atoms with Gasteiger partial charge >= 0.3 is 0 Å². The average Bonchev–Trinajstić information content (AvgIpc) is 2.99. The Morgan fingerprint density at radius 2 is 2.29 bits per heavy atom. The van der Waals surface area contributed by atoms with Crippen molar-refractivity contribution < 1.29 is 9.47 Å². The smallest absolute Gasteiger partial charge is 0.0813 e. The van der Waals surface area contributed by atoms with Crippen LogP contribution in [0.4, 0.5) is 0 Å². The normalized spacial score (nSPS) is 22.3. The molecule has 1 rings (SSSR count). The lowest BCUT2D eigenvalue weighted by Gasteiger charge is -2.13. The van der Waals surface area contributed by atoms with Gasteiger partial charge in [0.15, 0.2) is 0 Å². The summed E-state index contributed by atoms with van der Waals surface area (Å²) < 4.78 is 10.9. The maximum Gasteiger partial charge on any atom is 0.0813 e. The van der Waals surface area contributed by atoms with Crippen molar-refractivity contribution in [2.24, 2.45) is 5.92 Å². The molecule has 83 valence electrons. The summed E-state index contributed by atoms with van der Waals surface area (Å²) in [6, 6.07) is 0. The quantitative estimate of drug-likeness (QED) is 0.421. The topological polar surface area (TPSA) is 21.8 Å². The molecular weight excluding hydrogens is 176 g/mol. The van der Waals surface area contributed by atoms with Gasteiger partial charge in [-0.3, -0.25) is 0 Å². The Kier molecular flexibility index (Phi) is 6.20. The molecular formula is C12H23O2. The second kappa shape index (κ2) is 7.24. The third-order valence-electron chi connectivity index (χ3n) is 2.72. The maximum atomic E-state index is 5.63. The molecule has 1 aliphatic heterocycles. The van der Waals surface area contributed by atoms with Crippen LogP contribution in [0.1, 0.15) is 39.0 Å². The summed E-state index contributed by atoms with van der Waals surface area (Å²) in [5.74, 6) is 0.697. The molecule has 0 saturated carbocycles. The van der Waals surface area contributed by atoms with E-state index in [-0.39, 0.29) is 0 Å². The van der Waals surface area contributed by atoms with E-state index >= 15 is 0 Å². The summed E-state index contributed by atoms with van der Waals surface area (Å²) >= 11 is 0. The molecule has 2 atom stereocenters. The van der Waals surface area contributed by atoms with Gasteiger partial charge in [0, 0.05) is 13.2 Å². The van der Waals surface area contributed by atoms with Crippen molar-refractivity contribution in [3.8, 4) is 0 Å². The number of epoxide rings is 1. The van der Waals surface area contributed by atoms with E-state index in [0.29, 0.717) is 12.0 Å². The van der Waals surface area contributed by atoms with E-state index < -0.39 is 0 Å². The molecule has 0 N–H and O–H groups in total. The van der Waals surface area contributed by atoms with E-state index in [2.05, 4.69) is 13.8 Å². The fourth-order valence-electron chi connectivity index (χ4n) is 1.56. The molecule has 1 saturated heterocycles. The lowest BCUT2D eigenvalue weighted by molar-refractivity contribution is 0.0890. The van der Waals surface area contributed by atoms with Gasteiger partial charge in [-0.2, -0.15) is 0 Å². The van der Waals surface area contributed by atoms with Gasteiger partial charge in [0.1, 0.15) is 0 Å². The molecule has 2 heteroatoms. The monoisotopic (exact) mass is 199 g/mol. The second-order valence-electron chi connectivity index (χ2n) is 4.10. The van der Waals surface area contributed by atoms with Crippen molar-refractivity contribution in [3.63, 3.8) is 0 Å². The van der Waals surface area contributed by atoms with Crippen LogP contribution < -0.4 is 0 Å². The van der Waals surface area contributed by atoms with E-state index in [1.54, 1.807) is 0 Å². The number of ether oxygens (including phenoxy) is 2. The minimum Gasteiger partial charge on any atom is -0.381 e. The lowest BCUT2D eigenvalue weighted by Crippen LogP contribution is -2.12. The van der Waals surface area contributed by atoms with E-state index in [4.69, 9.17) is 9.47 Å². The Bertz CT molecular complexity index is 132. The highest BCUT2D eigenvalue weighted by Crippen LogP contribution is 2.21. The van der Waals surface area contributed by atoms with Crippen LogP contribution in [0.3, 0.4) is 0 Å². The van der Waals surface area contributed by atoms with Gasteiger partial charge in [0.2, 0.25) is 0 Å². The van der Waals surface area contributed by atoms with Crippen molar-refractivity contribution in [2.45, 2.75) is 45.1 Å². The number of hydrogen-bond acceptors (Lipinski definition) is 2. The van der Waals surface area contributed by atoms with Crippen LogP contribution in [-0.2, 0) is 9.47 Å². The van der Waals surface area contributed by atoms with Crippen LogP contribution in [0.5, 0.6) is 0 Å². The van der Waals surface area contributed by atoms with Crippen molar-refractivity contribution in [3.05, 3.63) is 6.92 Å². The predicted octanol–water partition coefficient (Wildman–Crippen LogP) is 2.82. The molecule has 1 radical (unpaired) electrons. The van der Waals surface area contributed by atoms with Crippen molar-refractivity contribution >= 4 is 0 Å². The number of unbranched alkanes of at least 4 members (excludes halogenated alkanes) is 2. The van der Waals surface area contributed by atoms with E-state index in [1.807, 2.05) is 0 Å². The van der Waals surface area contributed by atoms with Gasteiger partial charge in [-0.1, -0.05) is 33.1 Å². The Labute approximate surface area is 88.0 Å². The summed E-state index contributed by atoms with van der Waals surface area (Å²) in [6.07, 6.45) is 6.29. The standard InChI is InChI=1S/C12H23O2/c1-3-5-6-7-13-9-11(4-2)8-12-10-14-12/h11-12H,1,3-10H2,2H3. The zero-order chi connectivity index (χ0) is 10.2. The Morgan fingerprint density at radius 3 is 2.86 bits per heavy atom. The van der Waals surface area contributed by atoms with E-state index in [9.17, 15) is 0 Å². The third kappa shape index (κ3) is 5.61. The van der Waals surface area contributed by atoms with E-state index in [0.717, 1.165) is 32.7 Å². The van der Waals surface area contributed by atoms with Gasteiger partial charge < -0.3 is 9.47 Å². The largest absolute Gasteiger partial charge is 0.381 e. The van der Waals surface area contributed by atoms with Crippen LogP contribution in [0.2, 0.25) is 0 Å². The molecule has 0 aromatic heterocycles. The van der Waals surface area contributed by atoms with Crippen LogP contribution >= 0.6 is 0 Å². The fraction of sp³-hybridized carbons (Fsp3) is 0.917. The lowest BCUT2D eigenvalue weighted by atomic mass is 10.0. The van der Waals surface area contributed by atoms with Gasteiger partial charge in [-0.05, 0) is 18.8 Å². The van der Waals surface area contributed by atoms with Crippen LogP contribution in [0.25, 0.3) is 0 Å². The molecule has 1 aliphatic rings. The molecule has 1 fully saturated rings. The molecule has 0 aromatic rings. The van der Waals surface area contributed by atoms with Crippen molar-refractivity contribution in [2.75, 3.05) is 19.8 Å². The first-order chi connectivity index (χ1) is 6.86. The molecule has 0 bridgehead atoms. The van der Waals surface area contributed by atoms with Crippen LogP contribution in [-0.4, -0.2) is 25.9 Å². The minimum absolute atomic E-state index is 0.545. The van der Waals surface area contributed by atoms with Crippen molar-refractivity contribution in [1.82, 2.24) is 0 Å². The first kappa shape index (κ1) is 12.0. The highest BCUT2D eigenvalue weighted by Gasteiger charge is 2.25. The first-order valence-electron chi connectivity index (χ1n) is 5.85. The van der Waals surface area contributed by atoms with Crippen molar-refractivity contribution in [1.29, 1.82) is 0 Å². The summed E-state index contributed by atoms with van der Waals surface area (Å²) in [7, 11) is 0. The van der Waals surface area contributed by atoms with Gasteiger partial charge in [-0.15, -0.1) is 0 Å². The molecule has 2 unspecified atom stereocenters. The summed E-state index contributed by atoms with van der Waals surface area (Å²) in [5.41, 5.74) is 0. The second-order valence-corrected chi connectivity index (χ2v) is 4.10. The number of hydrogen-bond donors (Lipinski definition) is 0.